The van der Waals surface area contributed by atoms with Crippen molar-refractivity contribution >= 4 is 34.4 Å². The number of carboxylic acids is 1. The molecule has 2 aromatic carbocycles. The molecule has 148 valence electrons. The second-order valence-electron chi connectivity index (χ2n) is 7.19. The Morgan fingerprint density at radius 1 is 1.21 bits per heavy atom. The third-order valence-corrected chi connectivity index (χ3v) is 5.32. The number of carboxylic acid groups (broad SMARTS) is 1. The number of hydrogen-bond acceptors (Lipinski definition) is 3. The second kappa shape index (κ2) is 7.43. The third kappa shape index (κ3) is 3.59. The number of carbonyl (C=O) groups is 3. The molecule has 0 unspecified atom stereocenters. The number of nitrogens with zero attached hydrogens (tertiary/aromatic N) is 1. The molecule has 0 aliphatic carbocycles. The van der Waals surface area contributed by atoms with Crippen LogP contribution >= 0.6 is 0 Å². The van der Waals surface area contributed by atoms with Crippen LogP contribution in [0.5, 0.6) is 0 Å². The Morgan fingerprint density at radius 3 is 2.76 bits per heavy atom. The smallest absolute Gasteiger partial charge is 0.326 e. The molecule has 0 fully saturated rings. The number of fused-ring (bicyclic) bond motifs is 2. The molecule has 7 nitrogen and oxygen atoms in total. The highest BCUT2D eigenvalue weighted by molar-refractivity contribution is 5.99. The quantitative estimate of drug-likeness (QED) is 0.622. The lowest BCUT2D eigenvalue weighted by Gasteiger charge is -2.16. The van der Waals surface area contributed by atoms with Gasteiger partial charge in [0.15, 0.2) is 0 Å². The molecule has 4 rings (SSSR count). The molecule has 0 saturated carbocycles. The second-order valence-corrected chi connectivity index (χ2v) is 7.19. The van der Waals surface area contributed by atoms with Crippen molar-refractivity contribution in [1.82, 2.24) is 10.3 Å². The predicted octanol–water partition coefficient (Wildman–Crippen LogP) is 2.50. The van der Waals surface area contributed by atoms with E-state index in [4.69, 9.17) is 0 Å². The minimum Gasteiger partial charge on any atom is -0.480 e. The number of aromatic nitrogens is 1. The first-order valence-corrected chi connectivity index (χ1v) is 9.43. The van der Waals surface area contributed by atoms with Gasteiger partial charge in [0.2, 0.25) is 5.91 Å². The highest BCUT2D eigenvalue weighted by Crippen LogP contribution is 2.29. The van der Waals surface area contributed by atoms with E-state index in [1.807, 2.05) is 24.3 Å². The van der Waals surface area contributed by atoms with Gasteiger partial charge in [-0.15, -0.1) is 0 Å². The van der Waals surface area contributed by atoms with Crippen molar-refractivity contribution < 1.29 is 19.5 Å². The van der Waals surface area contributed by atoms with Crippen molar-refractivity contribution in [2.45, 2.75) is 25.8 Å². The number of para-hydroxylation sites is 1. The van der Waals surface area contributed by atoms with Crippen molar-refractivity contribution in [1.29, 1.82) is 0 Å². The SMILES string of the molecule is CC(=O)N1CCc2cc(C(=O)N[C@H](Cc3c[nH]c4ccccc34)C(=O)O)ccc21. The predicted molar refractivity (Wildman–Crippen MR) is 109 cm³/mol. The Labute approximate surface area is 167 Å². The van der Waals surface area contributed by atoms with Crippen LogP contribution in [0.4, 0.5) is 5.69 Å². The molecule has 29 heavy (non-hydrogen) atoms. The molecule has 0 radical (unpaired) electrons. The molecule has 2 amide bonds. The van der Waals surface area contributed by atoms with Crippen LogP contribution < -0.4 is 10.2 Å². The summed E-state index contributed by atoms with van der Waals surface area (Å²) in [6, 6.07) is 11.7. The van der Waals surface area contributed by atoms with E-state index in [0.29, 0.717) is 18.5 Å². The summed E-state index contributed by atoms with van der Waals surface area (Å²) < 4.78 is 0. The fourth-order valence-corrected chi connectivity index (χ4v) is 3.83. The maximum Gasteiger partial charge on any atom is 0.326 e. The van der Waals surface area contributed by atoms with Crippen LogP contribution in [0.1, 0.15) is 28.4 Å². The average Bonchev–Trinajstić information content (AvgIpc) is 3.31. The molecule has 3 N–H and O–H groups in total. The Kier molecular flexibility index (Phi) is 4.80. The summed E-state index contributed by atoms with van der Waals surface area (Å²) in [5, 5.41) is 13.2. The summed E-state index contributed by atoms with van der Waals surface area (Å²) >= 11 is 0. The number of H-pyrrole nitrogens is 1. The normalized spacial score (nSPS) is 13.9. The number of aromatic amines is 1. The number of benzene rings is 2. The van der Waals surface area contributed by atoms with Crippen molar-refractivity contribution in [2.24, 2.45) is 0 Å². The van der Waals surface area contributed by atoms with Crippen LogP contribution in [0.15, 0.2) is 48.7 Å². The first-order valence-electron chi connectivity index (χ1n) is 9.43. The van der Waals surface area contributed by atoms with E-state index in [2.05, 4.69) is 10.3 Å². The number of rotatable bonds is 5. The molecule has 1 aliphatic heterocycles. The molecule has 0 bridgehead atoms. The van der Waals surface area contributed by atoms with E-state index >= 15 is 0 Å². The Balaban J connectivity index is 1.53. The highest BCUT2D eigenvalue weighted by atomic mass is 16.4. The van der Waals surface area contributed by atoms with Crippen LogP contribution in [0.2, 0.25) is 0 Å². The Hall–Kier alpha value is -3.61. The summed E-state index contributed by atoms with van der Waals surface area (Å²) in [7, 11) is 0. The first-order chi connectivity index (χ1) is 13.9. The van der Waals surface area contributed by atoms with Crippen LogP contribution in [-0.4, -0.2) is 40.5 Å². The molecular formula is C22H21N3O4. The van der Waals surface area contributed by atoms with Gasteiger partial charge in [0.25, 0.3) is 5.91 Å². The maximum absolute atomic E-state index is 12.7. The Morgan fingerprint density at radius 2 is 2.00 bits per heavy atom. The molecular weight excluding hydrogens is 370 g/mol. The van der Waals surface area contributed by atoms with E-state index < -0.39 is 17.9 Å². The number of aliphatic carboxylic acids is 1. The van der Waals surface area contributed by atoms with E-state index in [-0.39, 0.29) is 12.3 Å². The summed E-state index contributed by atoms with van der Waals surface area (Å²) in [4.78, 5) is 40.9. The lowest BCUT2D eigenvalue weighted by Crippen LogP contribution is -2.42. The maximum atomic E-state index is 12.7. The number of nitrogens with one attached hydrogen (secondary N) is 2. The van der Waals surface area contributed by atoms with Crippen molar-refractivity contribution in [3.05, 3.63) is 65.4 Å². The molecule has 1 atom stereocenters. The monoisotopic (exact) mass is 391 g/mol. The topological polar surface area (TPSA) is 103 Å². The number of anilines is 1. The molecule has 1 aromatic heterocycles. The number of hydrogen-bond donors (Lipinski definition) is 3. The lowest BCUT2D eigenvalue weighted by atomic mass is 10.0. The molecule has 0 spiro atoms. The van der Waals surface area contributed by atoms with E-state index in [0.717, 1.165) is 27.7 Å². The first kappa shape index (κ1) is 18.7. The summed E-state index contributed by atoms with van der Waals surface area (Å²) in [5.41, 5.74) is 3.87. The van der Waals surface area contributed by atoms with Gasteiger partial charge in [-0.2, -0.15) is 0 Å². The lowest BCUT2D eigenvalue weighted by molar-refractivity contribution is -0.139. The van der Waals surface area contributed by atoms with Gasteiger partial charge in [0.1, 0.15) is 6.04 Å². The van der Waals surface area contributed by atoms with Gasteiger partial charge >= 0.3 is 5.97 Å². The van der Waals surface area contributed by atoms with Gasteiger partial charge in [-0.1, -0.05) is 18.2 Å². The Bertz CT molecular complexity index is 1120. The van der Waals surface area contributed by atoms with Crippen LogP contribution in [-0.2, 0) is 22.4 Å². The van der Waals surface area contributed by atoms with E-state index in [1.54, 1.807) is 29.3 Å². The van der Waals surface area contributed by atoms with Crippen molar-refractivity contribution in [2.75, 3.05) is 11.4 Å². The van der Waals surface area contributed by atoms with Gasteiger partial charge in [-0.3, -0.25) is 9.59 Å². The fourth-order valence-electron chi connectivity index (χ4n) is 3.83. The fraction of sp³-hybridized carbons (Fsp3) is 0.227. The van der Waals surface area contributed by atoms with Gasteiger partial charge < -0.3 is 20.3 Å². The average molecular weight is 391 g/mol. The molecule has 1 aliphatic rings. The zero-order valence-corrected chi connectivity index (χ0v) is 15.9. The molecule has 7 heteroatoms. The summed E-state index contributed by atoms with van der Waals surface area (Å²) in [6.07, 6.45) is 2.63. The zero-order chi connectivity index (χ0) is 20.5. The van der Waals surface area contributed by atoms with Gasteiger partial charge in [-0.25, -0.2) is 4.79 Å². The van der Waals surface area contributed by atoms with Crippen LogP contribution in [0, 0.1) is 0 Å². The van der Waals surface area contributed by atoms with Crippen molar-refractivity contribution in [3.8, 4) is 0 Å². The molecule has 2 heterocycles. The van der Waals surface area contributed by atoms with Gasteiger partial charge in [-0.05, 0) is 41.8 Å². The number of carbonyl (C=O) groups excluding carboxylic acids is 2. The van der Waals surface area contributed by atoms with E-state index in [9.17, 15) is 19.5 Å². The summed E-state index contributed by atoms with van der Waals surface area (Å²) in [5.74, 6) is -1.57. The highest BCUT2D eigenvalue weighted by Gasteiger charge is 2.25. The molecule has 3 aromatic rings. The van der Waals surface area contributed by atoms with E-state index in [1.165, 1.54) is 6.92 Å². The summed E-state index contributed by atoms with van der Waals surface area (Å²) in [6.45, 7) is 2.10. The van der Waals surface area contributed by atoms with Crippen molar-refractivity contribution in [3.63, 3.8) is 0 Å². The minimum atomic E-state index is -1.09. The standard InChI is InChI=1S/C22H21N3O4/c1-13(26)25-9-8-14-10-15(6-7-20(14)25)21(27)24-19(22(28)29)11-16-12-23-18-5-3-2-4-17(16)18/h2-7,10,12,19,23H,8-9,11H2,1H3,(H,24,27)(H,28,29)/t19-/m1/s1. The van der Waals surface area contributed by atoms with Gasteiger partial charge in [0, 0.05) is 48.2 Å². The number of amides is 2. The van der Waals surface area contributed by atoms with Crippen LogP contribution in [0.25, 0.3) is 10.9 Å². The largest absolute Gasteiger partial charge is 0.480 e. The molecule has 0 saturated heterocycles. The van der Waals surface area contributed by atoms with Crippen LogP contribution in [0.3, 0.4) is 0 Å². The third-order valence-electron chi connectivity index (χ3n) is 5.32. The zero-order valence-electron chi connectivity index (χ0n) is 15.9. The van der Waals surface area contributed by atoms with Gasteiger partial charge in [0.05, 0.1) is 0 Å². The minimum absolute atomic E-state index is 0.0365.